The molecule has 0 aromatic carbocycles. The lowest BCUT2D eigenvalue weighted by Gasteiger charge is -2.32. The maximum absolute atomic E-state index is 12.9. The number of hydrogen-bond donors (Lipinski definition) is 3. The van der Waals surface area contributed by atoms with Crippen LogP contribution in [-0.2, 0) is 17.8 Å². The third-order valence-electron chi connectivity index (χ3n) is 5.20. The second kappa shape index (κ2) is 9.37. The average molecular weight is 384 g/mol. The minimum Gasteiger partial charge on any atom is -0.353 e. The first-order valence-corrected chi connectivity index (χ1v) is 9.46. The second-order valence-electron chi connectivity index (χ2n) is 7.24. The zero-order chi connectivity index (χ0) is 17.8. The molecule has 146 valence electrons. The Morgan fingerprint density at radius 1 is 1.42 bits per heavy atom. The molecule has 1 aromatic rings. The van der Waals surface area contributed by atoms with Crippen LogP contribution in [0.3, 0.4) is 0 Å². The van der Waals surface area contributed by atoms with Crippen molar-refractivity contribution < 1.29 is 9.59 Å². The number of halogens is 1. The summed E-state index contributed by atoms with van der Waals surface area (Å²) < 4.78 is 0. The van der Waals surface area contributed by atoms with Gasteiger partial charge in [0.15, 0.2) is 5.69 Å². The molecule has 8 heteroatoms. The first kappa shape index (κ1) is 20.7. The zero-order valence-electron chi connectivity index (χ0n) is 15.6. The summed E-state index contributed by atoms with van der Waals surface area (Å²) in [6, 6.07) is 0.188. The van der Waals surface area contributed by atoms with E-state index in [0.717, 1.165) is 49.9 Å². The van der Waals surface area contributed by atoms with Crippen molar-refractivity contribution in [2.45, 2.75) is 58.5 Å². The Kier molecular flexibility index (Phi) is 7.46. The molecule has 2 atom stereocenters. The summed E-state index contributed by atoms with van der Waals surface area (Å²) in [6.07, 6.45) is 4.60. The molecule has 2 amide bonds. The van der Waals surface area contributed by atoms with Crippen LogP contribution in [0, 0.1) is 5.92 Å². The lowest BCUT2D eigenvalue weighted by atomic mass is 9.96. The van der Waals surface area contributed by atoms with Crippen LogP contribution in [0.4, 0.5) is 0 Å². The van der Waals surface area contributed by atoms with E-state index in [1.807, 2.05) is 6.92 Å². The molecule has 7 nitrogen and oxygen atoms in total. The maximum atomic E-state index is 12.9. The van der Waals surface area contributed by atoms with Crippen LogP contribution in [0.2, 0.25) is 0 Å². The molecule has 3 rings (SSSR count). The van der Waals surface area contributed by atoms with Gasteiger partial charge in [0.2, 0.25) is 5.91 Å². The number of hydrogen-bond acceptors (Lipinski definition) is 4. The fourth-order valence-electron chi connectivity index (χ4n) is 3.79. The van der Waals surface area contributed by atoms with Crippen molar-refractivity contribution in [1.82, 2.24) is 25.7 Å². The Balaban J connectivity index is 0.00000243. The molecular weight excluding hydrogens is 354 g/mol. The summed E-state index contributed by atoms with van der Waals surface area (Å²) in [5, 5.41) is 13.6. The number of aromatic amines is 1. The molecule has 0 aliphatic carbocycles. The predicted octanol–water partition coefficient (Wildman–Crippen LogP) is 1.63. The summed E-state index contributed by atoms with van der Waals surface area (Å²) in [4.78, 5) is 27.2. The number of nitrogens with one attached hydrogen (secondary N) is 3. The molecule has 1 aromatic heterocycles. The molecule has 3 heterocycles. The second-order valence-corrected chi connectivity index (χ2v) is 7.24. The third kappa shape index (κ3) is 4.57. The Labute approximate surface area is 161 Å². The zero-order valence-corrected chi connectivity index (χ0v) is 16.5. The van der Waals surface area contributed by atoms with Crippen molar-refractivity contribution in [3.63, 3.8) is 0 Å². The van der Waals surface area contributed by atoms with Crippen LogP contribution in [0.1, 0.15) is 61.3 Å². The number of nitrogens with zero attached hydrogens (tertiary/aromatic N) is 2. The van der Waals surface area contributed by atoms with Crippen molar-refractivity contribution in [3.05, 3.63) is 17.0 Å². The van der Waals surface area contributed by atoms with Gasteiger partial charge in [-0.15, -0.1) is 12.4 Å². The monoisotopic (exact) mass is 383 g/mol. The Morgan fingerprint density at radius 3 is 3.00 bits per heavy atom. The minimum atomic E-state index is -0.120. The number of carbonyl (C=O) groups excluding carboxylic acids is 2. The van der Waals surface area contributed by atoms with Crippen molar-refractivity contribution in [1.29, 1.82) is 0 Å². The van der Waals surface area contributed by atoms with Gasteiger partial charge in [0, 0.05) is 49.9 Å². The molecule has 3 N–H and O–H groups in total. The van der Waals surface area contributed by atoms with Gasteiger partial charge >= 0.3 is 0 Å². The fraction of sp³-hybridized carbons (Fsp3) is 0.722. The molecule has 0 saturated carbocycles. The lowest BCUT2D eigenvalue weighted by Crippen LogP contribution is -2.47. The van der Waals surface area contributed by atoms with Crippen LogP contribution in [0.15, 0.2) is 0 Å². The molecule has 26 heavy (non-hydrogen) atoms. The summed E-state index contributed by atoms with van der Waals surface area (Å²) >= 11 is 0. The van der Waals surface area contributed by atoms with E-state index >= 15 is 0 Å². The predicted molar refractivity (Wildman–Crippen MR) is 102 cm³/mol. The quantitative estimate of drug-likeness (QED) is 0.720. The molecule has 2 unspecified atom stereocenters. The van der Waals surface area contributed by atoms with Gasteiger partial charge in [0.1, 0.15) is 0 Å². The molecule has 0 spiro atoms. The summed E-state index contributed by atoms with van der Waals surface area (Å²) in [5.74, 6) is -0.102. The Bertz CT molecular complexity index is 633. The summed E-state index contributed by atoms with van der Waals surface area (Å²) in [6.45, 7) is 6.92. The SMILES string of the molecule is CCCC(C)NC(=O)C1CCCN(C(=O)c2n[nH]c3c2CNCC3)C1.Cl. The topological polar surface area (TPSA) is 90.1 Å². The number of amides is 2. The van der Waals surface area contributed by atoms with Crippen LogP contribution < -0.4 is 10.6 Å². The summed E-state index contributed by atoms with van der Waals surface area (Å²) in [7, 11) is 0. The molecule has 1 saturated heterocycles. The number of H-pyrrole nitrogens is 1. The third-order valence-corrected chi connectivity index (χ3v) is 5.20. The maximum Gasteiger partial charge on any atom is 0.274 e. The van der Waals surface area contributed by atoms with E-state index in [1.54, 1.807) is 4.90 Å². The Hall–Kier alpha value is -1.60. The van der Waals surface area contributed by atoms with Crippen LogP contribution in [0.25, 0.3) is 0 Å². The van der Waals surface area contributed by atoms with Gasteiger partial charge in [-0.05, 0) is 26.2 Å². The molecule has 1 fully saturated rings. The lowest BCUT2D eigenvalue weighted by molar-refractivity contribution is -0.127. The highest BCUT2D eigenvalue weighted by Crippen LogP contribution is 2.22. The first-order chi connectivity index (χ1) is 12.1. The number of carbonyl (C=O) groups is 2. The van der Waals surface area contributed by atoms with Crippen molar-refractivity contribution >= 4 is 24.2 Å². The molecular formula is C18H30ClN5O2. The number of rotatable bonds is 5. The van der Waals surface area contributed by atoms with Crippen LogP contribution in [0.5, 0.6) is 0 Å². The molecule has 2 aliphatic heterocycles. The highest BCUT2D eigenvalue weighted by atomic mass is 35.5. The standard InChI is InChI=1S/C18H29N5O2.ClH/c1-3-5-12(2)20-17(24)13-6-4-9-23(11-13)18(25)16-14-10-19-8-7-15(14)21-22-16;/h12-13,19H,3-11H2,1-2H3,(H,20,24)(H,21,22);1H. The van der Waals surface area contributed by atoms with Gasteiger partial charge in [-0.1, -0.05) is 13.3 Å². The van der Waals surface area contributed by atoms with Crippen molar-refractivity contribution in [2.75, 3.05) is 19.6 Å². The highest BCUT2D eigenvalue weighted by Gasteiger charge is 2.32. The van der Waals surface area contributed by atoms with Crippen molar-refractivity contribution in [2.24, 2.45) is 5.92 Å². The van der Waals surface area contributed by atoms with E-state index in [4.69, 9.17) is 0 Å². The number of aromatic nitrogens is 2. The van der Waals surface area contributed by atoms with Gasteiger partial charge in [-0.25, -0.2) is 0 Å². The number of likely N-dealkylation sites (tertiary alicyclic amines) is 1. The molecule has 0 radical (unpaired) electrons. The van der Waals surface area contributed by atoms with E-state index in [0.29, 0.717) is 25.3 Å². The Morgan fingerprint density at radius 2 is 2.23 bits per heavy atom. The fourth-order valence-corrected chi connectivity index (χ4v) is 3.79. The average Bonchev–Trinajstić information content (AvgIpc) is 3.05. The van der Waals surface area contributed by atoms with Crippen LogP contribution >= 0.6 is 12.4 Å². The van der Waals surface area contributed by atoms with Gasteiger partial charge in [0.05, 0.1) is 5.92 Å². The number of fused-ring (bicyclic) bond motifs is 1. The van der Waals surface area contributed by atoms with E-state index in [2.05, 4.69) is 27.8 Å². The van der Waals surface area contributed by atoms with Gasteiger partial charge in [-0.2, -0.15) is 5.10 Å². The largest absolute Gasteiger partial charge is 0.353 e. The van der Waals surface area contributed by atoms with Crippen LogP contribution in [-0.4, -0.2) is 52.6 Å². The van der Waals surface area contributed by atoms with E-state index in [-0.39, 0.29) is 36.2 Å². The minimum absolute atomic E-state index is 0. The smallest absolute Gasteiger partial charge is 0.274 e. The van der Waals surface area contributed by atoms with Gasteiger partial charge in [0.25, 0.3) is 5.91 Å². The van der Waals surface area contributed by atoms with E-state index < -0.39 is 0 Å². The number of piperidine rings is 1. The van der Waals surface area contributed by atoms with E-state index in [9.17, 15) is 9.59 Å². The van der Waals surface area contributed by atoms with E-state index in [1.165, 1.54) is 0 Å². The summed E-state index contributed by atoms with van der Waals surface area (Å²) in [5.41, 5.74) is 2.56. The molecule has 2 aliphatic rings. The highest BCUT2D eigenvalue weighted by molar-refractivity contribution is 5.94. The van der Waals surface area contributed by atoms with Crippen molar-refractivity contribution in [3.8, 4) is 0 Å². The van der Waals surface area contributed by atoms with Gasteiger partial charge < -0.3 is 15.5 Å². The first-order valence-electron chi connectivity index (χ1n) is 9.46. The normalized spacial score (nSPS) is 20.7. The van der Waals surface area contributed by atoms with Gasteiger partial charge in [-0.3, -0.25) is 14.7 Å². The molecule has 0 bridgehead atoms.